The molecule has 0 saturated carbocycles. The molecule has 3 atom stereocenters. The maximum absolute atomic E-state index is 11.9. The predicted octanol–water partition coefficient (Wildman–Crippen LogP) is 1.96. The second-order valence-corrected chi connectivity index (χ2v) is 5.79. The minimum atomic E-state index is -0.905. The normalized spacial score (nSPS) is 34.7. The van der Waals surface area contributed by atoms with Crippen molar-refractivity contribution >= 4 is 17.9 Å². The fourth-order valence-corrected chi connectivity index (χ4v) is 4.00. The van der Waals surface area contributed by atoms with Gasteiger partial charge >= 0.3 is 5.97 Å². The Bertz CT molecular complexity index is 596. The summed E-state index contributed by atoms with van der Waals surface area (Å²) in [5.41, 5.74) is 2.09. The molecular weight excluding hydrogens is 240 g/mol. The van der Waals surface area contributed by atoms with E-state index in [1.807, 2.05) is 12.1 Å². The molecule has 0 spiro atoms. The van der Waals surface area contributed by atoms with Gasteiger partial charge in [-0.1, -0.05) is 12.1 Å². The van der Waals surface area contributed by atoms with E-state index in [1.165, 1.54) is 5.56 Å². The number of aliphatic imine (C=N–C) groups is 1. The molecule has 1 unspecified atom stereocenters. The van der Waals surface area contributed by atoms with E-state index in [4.69, 9.17) is 0 Å². The number of fused-ring (bicyclic) bond motifs is 2. The molecular formula is C15H16N2O2. The number of benzene rings is 1. The molecule has 2 heterocycles. The lowest BCUT2D eigenvalue weighted by Crippen LogP contribution is -2.52. The Balaban J connectivity index is 1.96. The van der Waals surface area contributed by atoms with E-state index in [-0.39, 0.29) is 6.04 Å². The average molecular weight is 256 g/mol. The third-order valence-corrected chi connectivity index (χ3v) is 4.85. The third kappa shape index (κ3) is 1.32. The number of carboxylic acid groups (broad SMARTS) is 1. The number of nitrogens with zero attached hydrogens (tertiary/aromatic N) is 1. The van der Waals surface area contributed by atoms with Crippen molar-refractivity contribution in [2.45, 2.75) is 36.6 Å². The Labute approximate surface area is 111 Å². The van der Waals surface area contributed by atoms with Gasteiger partial charge in [0.2, 0.25) is 0 Å². The van der Waals surface area contributed by atoms with E-state index < -0.39 is 11.4 Å². The molecule has 0 radical (unpaired) electrons. The highest BCUT2D eigenvalue weighted by Gasteiger charge is 2.52. The molecule has 2 aliphatic heterocycles. The number of hydrogen-bond acceptors (Lipinski definition) is 3. The topological polar surface area (TPSA) is 61.7 Å². The van der Waals surface area contributed by atoms with Gasteiger partial charge in [0.05, 0.1) is 5.69 Å². The number of hydrogen-bond donors (Lipinski definition) is 2. The van der Waals surface area contributed by atoms with Crippen LogP contribution in [0.1, 0.15) is 36.3 Å². The lowest BCUT2D eigenvalue weighted by Gasteiger charge is -2.43. The highest BCUT2D eigenvalue weighted by molar-refractivity contribution is 6.07. The zero-order valence-corrected chi connectivity index (χ0v) is 10.6. The van der Waals surface area contributed by atoms with Crippen molar-refractivity contribution in [3.05, 3.63) is 29.3 Å². The molecule has 1 aromatic rings. The first-order valence-electron chi connectivity index (χ1n) is 6.88. The van der Waals surface area contributed by atoms with Gasteiger partial charge in [-0.3, -0.25) is 9.79 Å². The molecule has 3 aliphatic rings. The van der Waals surface area contributed by atoms with Crippen LogP contribution in [0.25, 0.3) is 0 Å². The van der Waals surface area contributed by atoms with Gasteiger partial charge in [-0.05, 0) is 43.4 Å². The smallest absolute Gasteiger partial charge is 0.319 e. The first-order chi connectivity index (χ1) is 9.22. The lowest BCUT2D eigenvalue weighted by molar-refractivity contribution is -0.141. The first kappa shape index (κ1) is 11.2. The van der Waals surface area contributed by atoms with Gasteiger partial charge in [-0.25, -0.2) is 0 Å². The third-order valence-electron chi connectivity index (χ3n) is 4.85. The zero-order valence-electron chi connectivity index (χ0n) is 10.6. The van der Waals surface area contributed by atoms with Crippen molar-refractivity contribution in [2.24, 2.45) is 4.99 Å². The van der Waals surface area contributed by atoms with E-state index in [0.717, 1.165) is 30.6 Å². The summed E-state index contributed by atoms with van der Waals surface area (Å²) in [7, 11) is 0. The molecule has 1 fully saturated rings. The maximum Gasteiger partial charge on any atom is 0.319 e. The molecule has 1 saturated heterocycles. The summed E-state index contributed by atoms with van der Waals surface area (Å²) in [5.74, 6) is -0.328. The van der Waals surface area contributed by atoms with Gasteiger partial charge in [-0.2, -0.15) is 0 Å². The van der Waals surface area contributed by atoms with Crippen LogP contribution in [-0.4, -0.2) is 29.9 Å². The summed E-state index contributed by atoms with van der Waals surface area (Å²) in [4.78, 5) is 16.2. The van der Waals surface area contributed by atoms with Crippen LogP contribution < -0.4 is 5.32 Å². The van der Waals surface area contributed by atoms with E-state index >= 15 is 0 Å². The highest BCUT2D eigenvalue weighted by atomic mass is 16.4. The quantitative estimate of drug-likeness (QED) is 0.807. The fourth-order valence-electron chi connectivity index (χ4n) is 4.00. The average Bonchev–Trinajstić information content (AvgIpc) is 2.81. The number of carbonyl (C=O) groups is 1. The Morgan fingerprint density at radius 3 is 3.21 bits per heavy atom. The summed E-state index contributed by atoms with van der Waals surface area (Å²) < 4.78 is 0. The van der Waals surface area contributed by atoms with Crippen LogP contribution in [0, 0.1) is 0 Å². The minimum absolute atomic E-state index is 0.261. The second kappa shape index (κ2) is 3.67. The standard InChI is InChI=1S/C15H16N2O2/c18-14(19)15-7-12-9(4-2-6-16-12)10-3-1-5-11(13(10)15)17-8-15/h1,3,5,8-9,12,16H,2,4,6-7H2,(H,18,19)/t9-,12-,15?/m1/s1. The molecule has 98 valence electrons. The number of piperidine rings is 1. The van der Waals surface area contributed by atoms with Crippen molar-refractivity contribution in [1.29, 1.82) is 0 Å². The second-order valence-electron chi connectivity index (χ2n) is 5.79. The monoisotopic (exact) mass is 256 g/mol. The maximum atomic E-state index is 11.9. The van der Waals surface area contributed by atoms with Crippen molar-refractivity contribution in [2.75, 3.05) is 6.54 Å². The summed E-state index contributed by atoms with van der Waals surface area (Å²) in [6.07, 6.45) is 4.58. The van der Waals surface area contributed by atoms with Crippen LogP contribution in [0.2, 0.25) is 0 Å². The first-order valence-corrected chi connectivity index (χ1v) is 6.88. The molecule has 4 nitrogen and oxygen atoms in total. The van der Waals surface area contributed by atoms with Crippen molar-refractivity contribution < 1.29 is 9.90 Å². The van der Waals surface area contributed by atoms with Crippen LogP contribution in [-0.2, 0) is 10.2 Å². The summed E-state index contributed by atoms with van der Waals surface area (Å²) >= 11 is 0. The Hall–Kier alpha value is -1.68. The van der Waals surface area contributed by atoms with Crippen LogP contribution in [0.3, 0.4) is 0 Å². The minimum Gasteiger partial charge on any atom is -0.480 e. The number of rotatable bonds is 1. The van der Waals surface area contributed by atoms with E-state index in [2.05, 4.69) is 16.4 Å². The fraction of sp³-hybridized carbons (Fsp3) is 0.467. The molecule has 0 aromatic heterocycles. The van der Waals surface area contributed by atoms with Gasteiger partial charge in [0.1, 0.15) is 5.41 Å². The van der Waals surface area contributed by atoms with E-state index in [9.17, 15) is 9.90 Å². The molecule has 0 amide bonds. The molecule has 0 bridgehead atoms. The van der Waals surface area contributed by atoms with Gasteiger partial charge < -0.3 is 10.4 Å². The summed E-state index contributed by atoms with van der Waals surface area (Å²) in [6.45, 7) is 0.989. The summed E-state index contributed by atoms with van der Waals surface area (Å²) in [6, 6.07) is 6.28. The zero-order chi connectivity index (χ0) is 13.0. The Morgan fingerprint density at radius 1 is 1.47 bits per heavy atom. The SMILES string of the molecule is O=C(O)C12C=Nc3cccc(c31)[C@H]1CCCN[C@@H]1C2. The lowest BCUT2D eigenvalue weighted by atomic mass is 9.63. The van der Waals surface area contributed by atoms with E-state index in [0.29, 0.717) is 12.3 Å². The van der Waals surface area contributed by atoms with Crippen molar-refractivity contribution in [3.63, 3.8) is 0 Å². The molecule has 4 rings (SSSR count). The number of nitrogens with one attached hydrogen (secondary N) is 1. The van der Waals surface area contributed by atoms with Gasteiger partial charge in [0.15, 0.2) is 0 Å². The molecule has 1 aromatic carbocycles. The van der Waals surface area contributed by atoms with Crippen molar-refractivity contribution in [1.82, 2.24) is 5.32 Å². The van der Waals surface area contributed by atoms with E-state index in [1.54, 1.807) is 6.21 Å². The van der Waals surface area contributed by atoms with Crippen LogP contribution in [0.5, 0.6) is 0 Å². The molecule has 19 heavy (non-hydrogen) atoms. The molecule has 1 aliphatic carbocycles. The largest absolute Gasteiger partial charge is 0.480 e. The molecule has 2 N–H and O–H groups in total. The number of carboxylic acids is 1. The van der Waals surface area contributed by atoms with Gasteiger partial charge in [-0.15, -0.1) is 0 Å². The van der Waals surface area contributed by atoms with Gasteiger partial charge in [0.25, 0.3) is 0 Å². The Morgan fingerprint density at radius 2 is 2.37 bits per heavy atom. The van der Waals surface area contributed by atoms with Crippen LogP contribution >= 0.6 is 0 Å². The van der Waals surface area contributed by atoms with Crippen LogP contribution in [0.4, 0.5) is 5.69 Å². The molecule has 4 heteroatoms. The van der Waals surface area contributed by atoms with Gasteiger partial charge in [0, 0.05) is 17.8 Å². The Kier molecular flexibility index (Phi) is 2.16. The predicted molar refractivity (Wildman–Crippen MR) is 72.3 cm³/mol. The number of aliphatic carboxylic acids is 1. The summed E-state index contributed by atoms with van der Waals surface area (Å²) in [5, 5.41) is 13.2. The van der Waals surface area contributed by atoms with Crippen molar-refractivity contribution in [3.8, 4) is 0 Å². The highest BCUT2D eigenvalue weighted by Crippen LogP contribution is 2.51. The van der Waals surface area contributed by atoms with Crippen LogP contribution in [0.15, 0.2) is 23.2 Å².